The second-order valence-corrected chi connectivity index (χ2v) is 5.97. The van der Waals surface area contributed by atoms with E-state index in [-0.39, 0.29) is 12.3 Å². The molecule has 0 atom stereocenters. The van der Waals surface area contributed by atoms with Crippen molar-refractivity contribution >= 4 is 17.5 Å². The molecular formula is C21H22N4O3. The molecule has 0 saturated heterocycles. The first-order chi connectivity index (χ1) is 13.7. The minimum absolute atomic E-state index is 0.177. The van der Waals surface area contributed by atoms with Crippen LogP contribution in [0.4, 0.5) is 11.6 Å². The summed E-state index contributed by atoms with van der Waals surface area (Å²) in [6.07, 6.45) is 0.230. The van der Waals surface area contributed by atoms with Crippen LogP contribution < -0.4 is 20.1 Å². The van der Waals surface area contributed by atoms with E-state index in [4.69, 9.17) is 9.47 Å². The van der Waals surface area contributed by atoms with Gasteiger partial charge >= 0.3 is 0 Å². The maximum atomic E-state index is 12.0. The topological polar surface area (TPSA) is 85.4 Å². The van der Waals surface area contributed by atoms with E-state index in [1.807, 2.05) is 54.6 Å². The van der Waals surface area contributed by atoms with Gasteiger partial charge in [-0.15, -0.1) is 10.2 Å². The molecule has 7 heteroatoms. The molecule has 3 rings (SSSR count). The molecule has 0 radical (unpaired) electrons. The number of aromatic nitrogens is 2. The Morgan fingerprint density at radius 3 is 2.29 bits per heavy atom. The number of methoxy groups -OCH3 is 1. The van der Waals surface area contributed by atoms with Gasteiger partial charge in [-0.25, -0.2) is 0 Å². The fourth-order valence-electron chi connectivity index (χ4n) is 2.41. The van der Waals surface area contributed by atoms with Crippen LogP contribution in [0.2, 0.25) is 0 Å². The second-order valence-electron chi connectivity index (χ2n) is 5.97. The molecule has 1 aromatic heterocycles. The zero-order valence-corrected chi connectivity index (χ0v) is 15.6. The van der Waals surface area contributed by atoms with Crippen LogP contribution in [0.3, 0.4) is 0 Å². The minimum Gasteiger partial charge on any atom is -0.497 e. The summed E-state index contributed by atoms with van der Waals surface area (Å²) in [7, 11) is 1.64. The van der Waals surface area contributed by atoms with Gasteiger partial charge in [0.05, 0.1) is 20.1 Å². The average Bonchev–Trinajstić information content (AvgIpc) is 2.74. The molecule has 0 saturated carbocycles. The monoisotopic (exact) mass is 378 g/mol. The smallest absolute Gasteiger partial charge is 0.229 e. The van der Waals surface area contributed by atoms with E-state index >= 15 is 0 Å². The van der Waals surface area contributed by atoms with Crippen molar-refractivity contribution in [3.63, 3.8) is 0 Å². The zero-order chi connectivity index (χ0) is 19.6. The molecule has 1 heterocycles. The van der Waals surface area contributed by atoms with Gasteiger partial charge in [0, 0.05) is 6.54 Å². The first-order valence-corrected chi connectivity index (χ1v) is 8.91. The molecule has 0 aliphatic heterocycles. The number of benzene rings is 2. The number of carbonyl (C=O) groups excluding carboxylic acids is 1. The Labute approximate surface area is 163 Å². The normalized spacial score (nSPS) is 10.2. The Morgan fingerprint density at radius 2 is 1.61 bits per heavy atom. The van der Waals surface area contributed by atoms with E-state index in [9.17, 15) is 4.79 Å². The van der Waals surface area contributed by atoms with Gasteiger partial charge in [0.2, 0.25) is 5.91 Å². The quantitative estimate of drug-likeness (QED) is 0.593. The number of carbonyl (C=O) groups is 1. The number of nitrogens with one attached hydrogen (secondary N) is 2. The van der Waals surface area contributed by atoms with Crippen molar-refractivity contribution in [2.24, 2.45) is 0 Å². The molecule has 0 aliphatic rings. The van der Waals surface area contributed by atoms with Crippen LogP contribution in [0.5, 0.6) is 11.5 Å². The highest BCUT2D eigenvalue weighted by Crippen LogP contribution is 2.13. The highest BCUT2D eigenvalue weighted by molar-refractivity contribution is 5.89. The molecule has 1 amide bonds. The lowest BCUT2D eigenvalue weighted by Gasteiger charge is -2.08. The van der Waals surface area contributed by atoms with E-state index in [0.717, 1.165) is 17.1 Å². The van der Waals surface area contributed by atoms with Crippen molar-refractivity contribution < 1.29 is 14.3 Å². The summed E-state index contributed by atoms with van der Waals surface area (Å²) < 4.78 is 10.6. The van der Waals surface area contributed by atoms with E-state index in [2.05, 4.69) is 20.8 Å². The maximum absolute atomic E-state index is 12.0. The lowest BCUT2D eigenvalue weighted by Crippen LogP contribution is -2.16. The van der Waals surface area contributed by atoms with Gasteiger partial charge in [0.1, 0.15) is 17.3 Å². The number of ether oxygens (including phenoxy) is 2. The third-order valence-corrected chi connectivity index (χ3v) is 3.91. The van der Waals surface area contributed by atoms with Crippen molar-refractivity contribution in [3.8, 4) is 11.5 Å². The van der Waals surface area contributed by atoms with Gasteiger partial charge in [-0.2, -0.15) is 0 Å². The van der Waals surface area contributed by atoms with E-state index in [0.29, 0.717) is 24.8 Å². The Hall–Kier alpha value is -3.61. The van der Waals surface area contributed by atoms with Crippen LogP contribution in [-0.4, -0.2) is 29.8 Å². The third kappa shape index (κ3) is 5.98. The van der Waals surface area contributed by atoms with Crippen LogP contribution in [-0.2, 0) is 11.3 Å². The number of amides is 1. The first-order valence-electron chi connectivity index (χ1n) is 8.91. The van der Waals surface area contributed by atoms with Crippen LogP contribution in [0, 0.1) is 0 Å². The molecule has 0 spiro atoms. The van der Waals surface area contributed by atoms with Gasteiger partial charge in [-0.05, 0) is 42.0 Å². The standard InChI is InChI=1S/C21H22N4O3/c1-27-17-9-7-16(8-10-17)15-22-19-11-12-20(25-24-19)23-21(26)13-14-28-18-5-3-2-4-6-18/h2-12H,13-15H2,1H3,(H,22,24)(H,23,25,26). The average molecular weight is 378 g/mol. The fourth-order valence-corrected chi connectivity index (χ4v) is 2.41. The number of hydrogen-bond acceptors (Lipinski definition) is 6. The van der Waals surface area contributed by atoms with Gasteiger partial charge in [-0.1, -0.05) is 30.3 Å². The first kappa shape index (κ1) is 19.2. The number of anilines is 2. The largest absolute Gasteiger partial charge is 0.497 e. The number of nitrogens with zero attached hydrogens (tertiary/aromatic N) is 2. The Morgan fingerprint density at radius 1 is 0.893 bits per heavy atom. The van der Waals surface area contributed by atoms with Gasteiger partial charge in [0.25, 0.3) is 0 Å². The summed E-state index contributed by atoms with van der Waals surface area (Å²) in [6.45, 7) is 0.909. The predicted octanol–water partition coefficient (Wildman–Crippen LogP) is 3.50. The molecule has 2 N–H and O–H groups in total. The van der Waals surface area contributed by atoms with Crippen molar-refractivity contribution in [1.29, 1.82) is 0 Å². The maximum Gasteiger partial charge on any atom is 0.229 e. The fraction of sp³-hybridized carbons (Fsp3) is 0.190. The molecule has 144 valence electrons. The summed E-state index contributed by atoms with van der Waals surface area (Å²) in [5.74, 6) is 2.41. The lowest BCUT2D eigenvalue weighted by molar-refractivity contribution is -0.116. The summed E-state index contributed by atoms with van der Waals surface area (Å²) in [5, 5.41) is 14.0. The predicted molar refractivity (Wildman–Crippen MR) is 108 cm³/mol. The molecule has 3 aromatic rings. The van der Waals surface area contributed by atoms with E-state index < -0.39 is 0 Å². The molecule has 28 heavy (non-hydrogen) atoms. The number of rotatable bonds is 9. The summed E-state index contributed by atoms with van der Waals surface area (Å²) in [6, 6.07) is 20.6. The highest BCUT2D eigenvalue weighted by atomic mass is 16.5. The van der Waals surface area contributed by atoms with Crippen LogP contribution in [0.25, 0.3) is 0 Å². The van der Waals surface area contributed by atoms with E-state index in [1.165, 1.54) is 0 Å². The van der Waals surface area contributed by atoms with Gasteiger partial charge in [0.15, 0.2) is 5.82 Å². The Balaban J connectivity index is 1.41. The molecule has 0 fully saturated rings. The minimum atomic E-state index is -0.177. The SMILES string of the molecule is COc1ccc(CNc2ccc(NC(=O)CCOc3ccccc3)nn2)cc1. The second kappa shape index (κ2) is 9.91. The molecule has 0 aliphatic carbocycles. The molecule has 2 aromatic carbocycles. The molecular weight excluding hydrogens is 356 g/mol. The number of para-hydroxylation sites is 1. The van der Waals surface area contributed by atoms with Crippen LogP contribution in [0.1, 0.15) is 12.0 Å². The Kier molecular flexibility index (Phi) is 6.78. The molecule has 0 unspecified atom stereocenters. The van der Waals surface area contributed by atoms with Crippen LogP contribution >= 0.6 is 0 Å². The summed E-state index contributed by atoms with van der Waals surface area (Å²) in [4.78, 5) is 12.0. The van der Waals surface area contributed by atoms with Crippen LogP contribution in [0.15, 0.2) is 66.7 Å². The summed E-state index contributed by atoms with van der Waals surface area (Å²) >= 11 is 0. The number of hydrogen-bond donors (Lipinski definition) is 2. The highest BCUT2D eigenvalue weighted by Gasteiger charge is 2.05. The molecule has 7 nitrogen and oxygen atoms in total. The zero-order valence-electron chi connectivity index (χ0n) is 15.6. The third-order valence-electron chi connectivity index (χ3n) is 3.91. The molecule has 0 bridgehead atoms. The van der Waals surface area contributed by atoms with Gasteiger partial charge < -0.3 is 20.1 Å². The van der Waals surface area contributed by atoms with Crippen molar-refractivity contribution in [3.05, 3.63) is 72.3 Å². The van der Waals surface area contributed by atoms with Gasteiger partial charge in [-0.3, -0.25) is 4.79 Å². The van der Waals surface area contributed by atoms with Crippen molar-refractivity contribution in [2.75, 3.05) is 24.4 Å². The summed E-state index contributed by atoms with van der Waals surface area (Å²) in [5.41, 5.74) is 1.10. The van der Waals surface area contributed by atoms with E-state index in [1.54, 1.807) is 19.2 Å². The Bertz CT molecular complexity index is 868. The van der Waals surface area contributed by atoms with Crippen molar-refractivity contribution in [1.82, 2.24) is 10.2 Å². The van der Waals surface area contributed by atoms with Crippen molar-refractivity contribution in [2.45, 2.75) is 13.0 Å². The lowest BCUT2D eigenvalue weighted by atomic mass is 10.2.